The highest BCUT2D eigenvalue weighted by molar-refractivity contribution is 7.89. The molecule has 0 saturated carbocycles. The molecule has 32 heavy (non-hydrogen) atoms. The first-order valence-corrected chi connectivity index (χ1v) is 12.1. The van der Waals surface area contributed by atoms with Crippen molar-refractivity contribution in [3.05, 3.63) is 65.2 Å². The van der Waals surface area contributed by atoms with Crippen molar-refractivity contribution < 1.29 is 17.9 Å². The molecule has 1 fully saturated rings. The van der Waals surface area contributed by atoms with Crippen molar-refractivity contribution in [2.45, 2.75) is 4.90 Å². The first-order valence-electron chi connectivity index (χ1n) is 10.3. The van der Waals surface area contributed by atoms with E-state index in [1.54, 1.807) is 4.90 Å². The topological polar surface area (TPSA) is 70.2 Å². The smallest absolute Gasteiger partial charge is 0.243 e. The zero-order valence-corrected chi connectivity index (χ0v) is 19.8. The first kappa shape index (κ1) is 24.3. The lowest BCUT2D eigenvalue weighted by atomic mass is 10.2. The predicted molar refractivity (Wildman–Crippen MR) is 126 cm³/mol. The molecule has 3 rings (SSSR count). The molecule has 1 saturated heterocycles. The summed E-state index contributed by atoms with van der Waals surface area (Å²) in [6.07, 6.45) is 4.20. The Morgan fingerprint density at radius 2 is 1.81 bits per heavy atom. The summed E-state index contributed by atoms with van der Waals surface area (Å²) in [5.41, 5.74) is 1.16. The van der Waals surface area contributed by atoms with Gasteiger partial charge in [0.25, 0.3) is 0 Å². The lowest BCUT2D eigenvalue weighted by Crippen LogP contribution is -2.51. The van der Waals surface area contributed by atoms with Crippen molar-refractivity contribution >= 4 is 33.6 Å². The lowest BCUT2D eigenvalue weighted by Gasteiger charge is -2.34. The van der Waals surface area contributed by atoms with E-state index in [0.29, 0.717) is 18.8 Å². The Balaban J connectivity index is 1.50. The molecule has 0 aromatic heterocycles. The summed E-state index contributed by atoms with van der Waals surface area (Å²) >= 11 is 6.06. The van der Waals surface area contributed by atoms with Crippen molar-refractivity contribution in [2.24, 2.45) is 0 Å². The number of hydrogen-bond donors (Lipinski definition) is 0. The molecule has 2 aromatic rings. The summed E-state index contributed by atoms with van der Waals surface area (Å²) in [6, 6.07) is 14.4. The molecule has 1 aliphatic heterocycles. The van der Waals surface area contributed by atoms with Crippen molar-refractivity contribution in [1.29, 1.82) is 0 Å². The number of nitrogens with zero attached hydrogens (tertiary/aromatic N) is 3. The number of sulfonamides is 1. The number of carbonyl (C=O) groups excluding carboxylic acids is 1. The zero-order chi connectivity index (χ0) is 23.1. The van der Waals surface area contributed by atoms with E-state index >= 15 is 0 Å². The van der Waals surface area contributed by atoms with E-state index in [1.165, 1.54) is 32.4 Å². The van der Waals surface area contributed by atoms with E-state index in [4.69, 9.17) is 16.3 Å². The van der Waals surface area contributed by atoms with Gasteiger partial charge in [0.15, 0.2) is 0 Å². The number of amides is 1. The molecule has 2 aromatic carbocycles. The van der Waals surface area contributed by atoms with Crippen molar-refractivity contribution in [3.8, 4) is 5.75 Å². The maximum absolute atomic E-state index is 12.8. The predicted octanol–water partition coefficient (Wildman–Crippen LogP) is 2.83. The highest BCUT2D eigenvalue weighted by Crippen LogP contribution is 2.28. The number of likely N-dealkylation sites (N-methyl/N-ethyl adjacent to an activating group) is 1. The molecular weight excluding hydrogens is 450 g/mol. The van der Waals surface area contributed by atoms with Crippen LogP contribution in [0.5, 0.6) is 5.75 Å². The normalized spacial score (nSPS) is 15.4. The molecule has 1 amide bonds. The standard InChI is InChI=1S/C23H28ClN3O4S/c1-25(32(29,30)20-10-11-22(31-2)21(24)17-20)18-23(28)27-15-13-26(14-16-27)12-6-9-19-7-4-3-5-8-19/h3-11,17H,12-16,18H2,1-2H3/b9-6+. The zero-order valence-electron chi connectivity index (χ0n) is 18.3. The number of benzene rings is 2. The fraction of sp³-hybridized carbons (Fsp3) is 0.348. The Morgan fingerprint density at radius 1 is 1.12 bits per heavy atom. The van der Waals surface area contributed by atoms with Gasteiger partial charge < -0.3 is 9.64 Å². The van der Waals surface area contributed by atoms with E-state index in [1.807, 2.05) is 18.2 Å². The molecule has 1 aliphatic rings. The summed E-state index contributed by atoms with van der Waals surface area (Å²) in [4.78, 5) is 16.7. The average Bonchev–Trinajstić information content (AvgIpc) is 2.80. The summed E-state index contributed by atoms with van der Waals surface area (Å²) in [6.45, 7) is 3.22. The number of rotatable bonds is 8. The van der Waals surface area contributed by atoms with E-state index < -0.39 is 10.0 Å². The van der Waals surface area contributed by atoms with E-state index in [2.05, 4.69) is 29.2 Å². The lowest BCUT2D eigenvalue weighted by molar-refractivity contribution is -0.132. The quantitative estimate of drug-likeness (QED) is 0.584. The number of halogens is 1. The van der Waals surface area contributed by atoms with Crippen LogP contribution in [0, 0.1) is 0 Å². The van der Waals surface area contributed by atoms with Gasteiger partial charge in [-0.1, -0.05) is 54.1 Å². The minimum atomic E-state index is -3.84. The second-order valence-electron chi connectivity index (χ2n) is 7.55. The Bertz CT molecular complexity index is 1050. The van der Waals surface area contributed by atoms with Gasteiger partial charge in [-0.05, 0) is 23.8 Å². The van der Waals surface area contributed by atoms with Crippen LogP contribution in [-0.4, -0.2) is 81.9 Å². The minimum absolute atomic E-state index is 0.0219. The van der Waals surface area contributed by atoms with Gasteiger partial charge in [-0.2, -0.15) is 4.31 Å². The van der Waals surface area contributed by atoms with Crippen LogP contribution in [0.4, 0.5) is 0 Å². The molecule has 1 heterocycles. The fourth-order valence-electron chi connectivity index (χ4n) is 3.44. The van der Waals surface area contributed by atoms with Crippen LogP contribution in [0.15, 0.2) is 59.5 Å². The van der Waals surface area contributed by atoms with Gasteiger partial charge in [-0.25, -0.2) is 8.42 Å². The summed E-state index contributed by atoms with van der Waals surface area (Å²) in [7, 11) is -0.986. The molecule has 0 radical (unpaired) electrons. The minimum Gasteiger partial charge on any atom is -0.495 e. The second kappa shape index (κ2) is 11.0. The third-order valence-corrected chi connectivity index (χ3v) is 7.48. The van der Waals surface area contributed by atoms with Crippen molar-refractivity contribution in [2.75, 3.05) is 53.4 Å². The van der Waals surface area contributed by atoms with Crippen LogP contribution >= 0.6 is 11.6 Å². The molecule has 7 nitrogen and oxygen atoms in total. The molecule has 172 valence electrons. The van der Waals surface area contributed by atoms with Crippen LogP contribution in [0.2, 0.25) is 5.02 Å². The Kier molecular flexibility index (Phi) is 8.31. The van der Waals surface area contributed by atoms with Crippen molar-refractivity contribution in [3.63, 3.8) is 0 Å². The van der Waals surface area contributed by atoms with Crippen LogP contribution in [0.3, 0.4) is 0 Å². The number of piperazine rings is 1. The van der Waals surface area contributed by atoms with E-state index in [-0.39, 0.29) is 22.4 Å². The Morgan fingerprint density at radius 3 is 2.44 bits per heavy atom. The molecular formula is C23H28ClN3O4S. The molecule has 0 N–H and O–H groups in total. The third kappa shape index (κ3) is 6.10. The van der Waals surface area contributed by atoms with E-state index in [0.717, 1.165) is 29.5 Å². The molecule has 0 unspecified atom stereocenters. The Hall–Kier alpha value is -2.39. The molecule has 0 aliphatic carbocycles. The molecule has 0 bridgehead atoms. The molecule has 9 heteroatoms. The number of carbonyl (C=O) groups is 1. The largest absolute Gasteiger partial charge is 0.495 e. The highest BCUT2D eigenvalue weighted by atomic mass is 35.5. The van der Waals surface area contributed by atoms with Gasteiger partial charge in [0.1, 0.15) is 5.75 Å². The van der Waals surface area contributed by atoms with Gasteiger partial charge in [0.05, 0.1) is 23.6 Å². The van der Waals surface area contributed by atoms with Gasteiger partial charge in [0.2, 0.25) is 15.9 Å². The Labute approximate surface area is 194 Å². The number of ether oxygens (including phenoxy) is 1. The summed E-state index contributed by atoms with van der Waals surface area (Å²) in [5.74, 6) is 0.177. The van der Waals surface area contributed by atoms with Crippen LogP contribution < -0.4 is 4.74 Å². The van der Waals surface area contributed by atoms with Crippen LogP contribution in [-0.2, 0) is 14.8 Å². The number of methoxy groups -OCH3 is 1. The summed E-state index contributed by atoms with van der Waals surface area (Å²) < 4.78 is 31.8. The van der Waals surface area contributed by atoms with Crippen LogP contribution in [0.1, 0.15) is 5.56 Å². The van der Waals surface area contributed by atoms with Crippen molar-refractivity contribution in [1.82, 2.24) is 14.1 Å². The fourth-order valence-corrected chi connectivity index (χ4v) is 4.91. The average molecular weight is 478 g/mol. The third-order valence-electron chi connectivity index (χ3n) is 5.39. The SMILES string of the molecule is COc1ccc(S(=O)(=O)N(C)CC(=O)N2CCN(C/C=C/c3ccccc3)CC2)cc1Cl. The summed E-state index contributed by atoms with van der Waals surface area (Å²) in [5, 5.41) is 0.200. The molecule has 0 atom stereocenters. The van der Waals surface area contributed by atoms with Gasteiger partial charge in [0, 0.05) is 39.8 Å². The highest BCUT2D eigenvalue weighted by Gasteiger charge is 2.27. The maximum atomic E-state index is 12.8. The van der Waals surface area contributed by atoms with Gasteiger partial charge >= 0.3 is 0 Å². The number of hydrogen-bond acceptors (Lipinski definition) is 5. The molecule has 0 spiro atoms. The van der Waals surface area contributed by atoms with Gasteiger partial charge in [-0.15, -0.1) is 0 Å². The second-order valence-corrected chi connectivity index (χ2v) is 10.0. The van der Waals surface area contributed by atoms with E-state index in [9.17, 15) is 13.2 Å². The monoisotopic (exact) mass is 477 g/mol. The maximum Gasteiger partial charge on any atom is 0.243 e. The first-order chi connectivity index (χ1) is 15.3. The van der Waals surface area contributed by atoms with Crippen LogP contribution in [0.25, 0.3) is 6.08 Å². The van der Waals surface area contributed by atoms with Gasteiger partial charge in [-0.3, -0.25) is 9.69 Å².